The molecule has 1 fully saturated rings. The molecule has 1 aliphatic rings. The van der Waals surface area contributed by atoms with Crippen molar-refractivity contribution in [3.05, 3.63) is 11.6 Å². The molecule has 1 aromatic heterocycles. The molecule has 1 saturated heterocycles. The highest BCUT2D eigenvalue weighted by Gasteiger charge is 2.31. The first-order chi connectivity index (χ1) is 7.91. The number of hydrogen-bond donors (Lipinski definition) is 1. The predicted octanol–water partition coefficient (Wildman–Crippen LogP) is 1.29. The van der Waals surface area contributed by atoms with Gasteiger partial charge in [-0.1, -0.05) is 20.8 Å². The Bertz CT molecular complexity index is 394. The number of nitrogens with zero attached hydrogens (tertiary/aromatic N) is 3. The highest BCUT2D eigenvalue weighted by atomic mass is 16.5. The van der Waals surface area contributed by atoms with Gasteiger partial charge in [-0.05, 0) is 12.8 Å². The molecule has 5 heteroatoms. The van der Waals surface area contributed by atoms with Crippen molar-refractivity contribution in [3.8, 4) is 0 Å². The van der Waals surface area contributed by atoms with Gasteiger partial charge in [-0.25, -0.2) is 4.98 Å². The zero-order valence-corrected chi connectivity index (χ0v) is 11.1. The molecule has 96 valence electrons. The topological polar surface area (TPSA) is 66.0 Å². The predicted molar refractivity (Wildman–Crippen MR) is 65.6 cm³/mol. The first-order valence-electron chi connectivity index (χ1n) is 6.18. The van der Waals surface area contributed by atoms with Gasteiger partial charge in [0.25, 0.3) is 0 Å². The first-order valence-corrected chi connectivity index (χ1v) is 6.18. The highest BCUT2D eigenvalue weighted by Crippen LogP contribution is 2.32. The minimum Gasteiger partial charge on any atom is -0.366 e. The summed E-state index contributed by atoms with van der Waals surface area (Å²) in [7, 11) is 1.93. The number of aromatic nitrogens is 3. The van der Waals surface area contributed by atoms with Crippen LogP contribution in [-0.4, -0.2) is 27.4 Å². The normalized spacial score (nSPS) is 25.5. The molecule has 0 radical (unpaired) electrons. The van der Waals surface area contributed by atoms with Crippen LogP contribution in [0.3, 0.4) is 0 Å². The maximum atomic E-state index is 5.86. The van der Waals surface area contributed by atoms with E-state index in [-0.39, 0.29) is 17.6 Å². The van der Waals surface area contributed by atoms with Crippen LogP contribution in [0.1, 0.15) is 51.4 Å². The lowest BCUT2D eigenvalue weighted by molar-refractivity contribution is 0.0427. The Hall–Kier alpha value is -0.940. The summed E-state index contributed by atoms with van der Waals surface area (Å²) >= 11 is 0. The fraction of sp³-hybridized carbons (Fsp3) is 0.833. The van der Waals surface area contributed by atoms with Crippen LogP contribution in [0.4, 0.5) is 0 Å². The average molecular weight is 238 g/mol. The van der Waals surface area contributed by atoms with Gasteiger partial charge in [0, 0.05) is 19.0 Å². The lowest BCUT2D eigenvalue weighted by atomic mass is 9.96. The van der Waals surface area contributed by atoms with Crippen LogP contribution in [0.25, 0.3) is 0 Å². The van der Waals surface area contributed by atoms with Crippen LogP contribution in [0.2, 0.25) is 0 Å². The molecule has 2 heterocycles. The van der Waals surface area contributed by atoms with E-state index in [1.54, 1.807) is 0 Å². The molecule has 2 N–H and O–H groups in total. The molecule has 1 aromatic rings. The third-order valence-electron chi connectivity index (χ3n) is 3.13. The molecule has 2 atom stereocenters. The minimum atomic E-state index is -0.0259. The molecule has 2 unspecified atom stereocenters. The van der Waals surface area contributed by atoms with Gasteiger partial charge in [0.1, 0.15) is 6.10 Å². The van der Waals surface area contributed by atoms with Crippen LogP contribution < -0.4 is 5.73 Å². The fourth-order valence-electron chi connectivity index (χ4n) is 2.06. The van der Waals surface area contributed by atoms with Crippen molar-refractivity contribution in [2.24, 2.45) is 12.8 Å². The molecule has 0 amide bonds. The van der Waals surface area contributed by atoms with Crippen LogP contribution in [0.15, 0.2) is 0 Å². The third-order valence-corrected chi connectivity index (χ3v) is 3.13. The van der Waals surface area contributed by atoms with Crippen molar-refractivity contribution >= 4 is 0 Å². The van der Waals surface area contributed by atoms with Gasteiger partial charge in [0.2, 0.25) is 0 Å². The molecule has 0 aliphatic carbocycles. The molecular formula is C12H22N4O. The van der Waals surface area contributed by atoms with E-state index in [1.807, 2.05) is 11.7 Å². The Morgan fingerprint density at radius 3 is 2.59 bits per heavy atom. The summed E-state index contributed by atoms with van der Waals surface area (Å²) < 4.78 is 7.69. The van der Waals surface area contributed by atoms with Crippen LogP contribution in [-0.2, 0) is 17.2 Å². The van der Waals surface area contributed by atoms with Gasteiger partial charge >= 0.3 is 0 Å². The van der Waals surface area contributed by atoms with Crippen molar-refractivity contribution in [1.82, 2.24) is 14.8 Å². The number of nitrogens with two attached hydrogens (primary N) is 1. The van der Waals surface area contributed by atoms with Crippen molar-refractivity contribution < 1.29 is 4.74 Å². The van der Waals surface area contributed by atoms with Crippen LogP contribution in [0, 0.1) is 0 Å². The second-order valence-corrected chi connectivity index (χ2v) is 5.73. The van der Waals surface area contributed by atoms with Crippen molar-refractivity contribution in [1.29, 1.82) is 0 Å². The second-order valence-electron chi connectivity index (χ2n) is 5.73. The lowest BCUT2D eigenvalue weighted by Gasteiger charge is -2.12. The van der Waals surface area contributed by atoms with E-state index in [4.69, 9.17) is 10.5 Å². The van der Waals surface area contributed by atoms with E-state index in [1.165, 1.54) is 0 Å². The fourth-order valence-corrected chi connectivity index (χ4v) is 2.06. The van der Waals surface area contributed by atoms with E-state index in [0.29, 0.717) is 6.54 Å². The lowest BCUT2D eigenvalue weighted by Crippen LogP contribution is -2.19. The van der Waals surface area contributed by atoms with Gasteiger partial charge in [0.15, 0.2) is 11.6 Å². The molecular weight excluding hydrogens is 216 g/mol. The molecule has 0 saturated carbocycles. The number of aryl methyl sites for hydroxylation is 1. The summed E-state index contributed by atoms with van der Waals surface area (Å²) in [4.78, 5) is 4.62. The van der Waals surface area contributed by atoms with Crippen molar-refractivity contribution in [2.45, 2.75) is 51.2 Å². The van der Waals surface area contributed by atoms with Crippen LogP contribution in [0.5, 0.6) is 0 Å². The summed E-state index contributed by atoms with van der Waals surface area (Å²) in [5, 5.41) is 4.47. The summed E-state index contributed by atoms with van der Waals surface area (Å²) in [6.45, 7) is 6.93. The Labute approximate surface area is 102 Å². The zero-order chi connectivity index (χ0) is 12.6. The third kappa shape index (κ3) is 2.50. The molecule has 0 bridgehead atoms. The Balaban J connectivity index is 2.20. The highest BCUT2D eigenvalue weighted by molar-refractivity contribution is 5.06. The SMILES string of the molecule is Cn1nc(C(C)(C)C)nc1C1CCC(CN)O1. The van der Waals surface area contributed by atoms with E-state index in [0.717, 1.165) is 24.5 Å². The standard InChI is InChI=1S/C12H22N4O/c1-12(2,3)11-14-10(16(4)15-11)9-6-5-8(7-13)17-9/h8-9H,5-7,13H2,1-4H3. The molecule has 0 spiro atoms. The number of hydrogen-bond acceptors (Lipinski definition) is 4. The summed E-state index contributed by atoms with van der Waals surface area (Å²) in [6, 6.07) is 0. The molecule has 5 nitrogen and oxygen atoms in total. The summed E-state index contributed by atoms with van der Waals surface area (Å²) in [6.07, 6.45) is 2.23. The van der Waals surface area contributed by atoms with Gasteiger partial charge in [-0.15, -0.1) is 0 Å². The van der Waals surface area contributed by atoms with E-state index >= 15 is 0 Å². The van der Waals surface area contributed by atoms with E-state index < -0.39 is 0 Å². The Kier molecular flexibility index (Phi) is 3.23. The first kappa shape index (κ1) is 12.5. The van der Waals surface area contributed by atoms with Crippen molar-refractivity contribution in [2.75, 3.05) is 6.54 Å². The maximum Gasteiger partial charge on any atom is 0.156 e. The van der Waals surface area contributed by atoms with Gasteiger partial charge in [0.05, 0.1) is 6.10 Å². The zero-order valence-electron chi connectivity index (χ0n) is 11.1. The van der Waals surface area contributed by atoms with Gasteiger partial charge in [-0.2, -0.15) is 5.10 Å². The monoisotopic (exact) mass is 238 g/mol. The molecule has 1 aliphatic heterocycles. The smallest absolute Gasteiger partial charge is 0.156 e. The quantitative estimate of drug-likeness (QED) is 0.843. The molecule has 2 rings (SSSR count). The van der Waals surface area contributed by atoms with E-state index in [9.17, 15) is 0 Å². The summed E-state index contributed by atoms with van der Waals surface area (Å²) in [5.41, 5.74) is 5.59. The number of ether oxygens (including phenoxy) is 1. The molecule has 17 heavy (non-hydrogen) atoms. The van der Waals surface area contributed by atoms with Gasteiger partial charge < -0.3 is 10.5 Å². The number of rotatable bonds is 2. The van der Waals surface area contributed by atoms with E-state index in [2.05, 4.69) is 30.9 Å². The second kappa shape index (κ2) is 4.38. The minimum absolute atomic E-state index is 0.0259. The Morgan fingerprint density at radius 1 is 1.41 bits per heavy atom. The summed E-state index contributed by atoms with van der Waals surface area (Å²) in [5.74, 6) is 1.79. The largest absolute Gasteiger partial charge is 0.366 e. The van der Waals surface area contributed by atoms with Crippen molar-refractivity contribution in [3.63, 3.8) is 0 Å². The average Bonchev–Trinajstić information content (AvgIpc) is 2.82. The molecule has 0 aromatic carbocycles. The Morgan fingerprint density at radius 2 is 2.12 bits per heavy atom. The van der Waals surface area contributed by atoms with Gasteiger partial charge in [-0.3, -0.25) is 4.68 Å². The maximum absolute atomic E-state index is 5.86. The van der Waals surface area contributed by atoms with Crippen LogP contribution >= 0.6 is 0 Å².